The second kappa shape index (κ2) is 12.5. The van der Waals surface area contributed by atoms with Crippen LogP contribution in [0.1, 0.15) is 44.9 Å². The molecule has 3 aliphatic rings. The molecule has 0 radical (unpaired) electrons. The predicted molar refractivity (Wildman–Crippen MR) is 133 cm³/mol. The first-order valence-electron chi connectivity index (χ1n) is 13.2. The maximum Gasteiger partial charge on any atom is 0.303 e. The molecule has 0 spiro atoms. The van der Waals surface area contributed by atoms with Crippen LogP contribution in [-0.2, 0) is 14.3 Å². The molecule has 3 fully saturated rings. The van der Waals surface area contributed by atoms with Crippen LogP contribution in [0.3, 0.4) is 0 Å². The molecule has 1 aromatic rings. The average Bonchev–Trinajstić information content (AvgIpc) is 3.40. The highest BCUT2D eigenvalue weighted by atomic mass is 16.5. The molecule has 7 heteroatoms. The van der Waals surface area contributed by atoms with Crippen LogP contribution in [0.4, 0.5) is 5.69 Å². The molecule has 188 valence electrons. The van der Waals surface area contributed by atoms with Crippen molar-refractivity contribution in [1.29, 1.82) is 0 Å². The smallest absolute Gasteiger partial charge is 0.303 e. The SMILES string of the molecule is O=C(O)CC1CCN(C(=O)C2CCCC2)CC1CCN(CCN1CCOCC1)c1ccccc1. The number of carboxylic acid groups (broad SMARTS) is 1. The first kappa shape index (κ1) is 25.0. The van der Waals surface area contributed by atoms with Gasteiger partial charge in [-0.25, -0.2) is 0 Å². The van der Waals surface area contributed by atoms with E-state index in [9.17, 15) is 14.7 Å². The Morgan fingerprint density at radius 1 is 0.971 bits per heavy atom. The fourth-order valence-electron chi connectivity index (χ4n) is 5.95. The van der Waals surface area contributed by atoms with Crippen LogP contribution in [0, 0.1) is 17.8 Å². The summed E-state index contributed by atoms with van der Waals surface area (Å²) >= 11 is 0. The molecule has 2 unspecified atom stereocenters. The molecule has 1 N–H and O–H groups in total. The molecule has 1 amide bonds. The highest BCUT2D eigenvalue weighted by Crippen LogP contribution is 2.33. The van der Waals surface area contributed by atoms with Crippen molar-refractivity contribution < 1.29 is 19.4 Å². The van der Waals surface area contributed by atoms with E-state index < -0.39 is 5.97 Å². The second-order valence-electron chi connectivity index (χ2n) is 10.2. The molecule has 0 bridgehead atoms. The molecular weight excluding hydrogens is 430 g/mol. The Kier molecular flexibility index (Phi) is 9.22. The van der Waals surface area contributed by atoms with Crippen molar-refractivity contribution in [2.45, 2.75) is 44.9 Å². The molecule has 2 saturated heterocycles. The molecule has 2 atom stereocenters. The Labute approximate surface area is 204 Å². The van der Waals surface area contributed by atoms with Gasteiger partial charge in [0, 0.05) is 63.8 Å². The van der Waals surface area contributed by atoms with Crippen LogP contribution in [0.5, 0.6) is 0 Å². The first-order chi connectivity index (χ1) is 16.6. The van der Waals surface area contributed by atoms with Gasteiger partial charge in [0.1, 0.15) is 0 Å². The number of hydrogen-bond donors (Lipinski definition) is 1. The van der Waals surface area contributed by atoms with Gasteiger partial charge in [-0.1, -0.05) is 31.0 Å². The number of benzene rings is 1. The largest absolute Gasteiger partial charge is 0.481 e. The summed E-state index contributed by atoms with van der Waals surface area (Å²) in [4.78, 5) is 31.6. The Morgan fingerprint density at radius 3 is 2.41 bits per heavy atom. The fraction of sp³-hybridized carbons (Fsp3) is 0.704. The van der Waals surface area contributed by atoms with E-state index in [2.05, 4.69) is 39.0 Å². The Bertz CT molecular complexity index is 777. The molecule has 1 aliphatic carbocycles. The normalized spacial score (nSPS) is 24.3. The summed E-state index contributed by atoms with van der Waals surface area (Å²) in [6, 6.07) is 10.5. The van der Waals surface area contributed by atoms with Gasteiger partial charge in [0.05, 0.1) is 13.2 Å². The number of rotatable bonds is 10. The van der Waals surface area contributed by atoms with Gasteiger partial charge in [0.2, 0.25) is 5.91 Å². The van der Waals surface area contributed by atoms with Gasteiger partial charge in [-0.3, -0.25) is 14.5 Å². The number of carboxylic acids is 1. The molecule has 1 aromatic carbocycles. The zero-order valence-electron chi connectivity index (χ0n) is 20.4. The van der Waals surface area contributed by atoms with Gasteiger partial charge in [0.15, 0.2) is 0 Å². The fourth-order valence-corrected chi connectivity index (χ4v) is 5.95. The summed E-state index contributed by atoms with van der Waals surface area (Å²) in [6.45, 7) is 7.78. The first-order valence-corrected chi connectivity index (χ1v) is 13.2. The minimum atomic E-state index is -0.724. The number of hydrogen-bond acceptors (Lipinski definition) is 5. The molecule has 1 saturated carbocycles. The highest BCUT2D eigenvalue weighted by molar-refractivity contribution is 5.79. The number of piperidine rings is 1. The molecule has 34 heavy (non-hydrogen) atoms. The summed E-state index contributed by atoms with van der Waals surface area (Å²) in [5, 5.41) is 9.51. The Hall–Kier alpha value is -2.12. The van der Waals surface area contributed by atoms with Crippen molar-refractivity contribution in [3.8, 4) is 0 Å². The zero-order valence-corrected chi connectivity index (χ0v) is 20.4. The highest BCUT2D eigenvalue weighted by Gasteiger charge is 2.35. The van der Waals surface area contributed by atoms with E-state index in [1.54, 1.807) is 0 Å². The molecule has 4 rings (SSSR count). The quantitative estimate of drug-likeness (QED) is 0.564. The summed E-state index contributed by atoms with van der Waals surface area (Å²) in [6.07, 6.45) is 6.26. The number of morpholine rings is 1. The number of anilines is 1. The number of ether oxygens (including phenoxy) is 1. The van der Waals surface area contributed by atoms with Crippen molar-refractivity contribution in [2.24, 2.45) is 17.8 Å². The lowest BCUT2D eigenvalue weighted by Gasteiger charge is -2.40. The lowest BCUT2D eigenvalue weighted by atomic mass is 9.80. The van der Waals surface area contributed by atoms with E-state index >= 15 is 0 Å². The zero-order chi connectivity index (χ0) is 23.8. The van der Waals surface area contributed by atoms with Crippen LogP contribution in [0.15, 0.2) is 30.3 Å². The molecular formula is C27H41N3O4. The van der Waals surface area contributed by atoms with E-state index in [0.717, 1.165) is 84.5 Å². The summed E-state index contributed by atoms with van der Waals surface area (Å²) in [5.74, 6) is 0.138. The van der Waals surface area contributed by atoms with Gasteiger partial charge < -0.3 is 19.6 Å². The third kappa shape index (κ3) is 6.95. The monoisotopic (exact) mass is 471 g/mol. The summed E-state index contributed by atoms with van der Waals surface area (Å²) in [5.41, 5.74) is 1.21. The van der Waals surface area contributed by atoms with Gasteiger partial charge in [-0.2, -0.15) is 0 Å². The predicted octanol–water partition coefficient (Wildman–Crippen LogP) is 3.34. The standard InChI is InChI=1S/C27H41N3O4/c31-26(32)20-23-10-13-30(27(33)22-6-4-5-7-22)21-24(23)11-12-29(25-8-2-1-3-9-25)15-14-28-16-18-34-19-17-28/h1-3,8-9,22-24H,4-7,10-21H2,(H,31,32). The van der Waals surface area contributed by atoms with Crippen LogP contribution in [0.2, 0.25) is 0 Å². The Morgan fingerprint density at radius 2 is 1.71 bits per heavy atom. The van der Waals surface area contributed by atoms with E-state index in [-0.39, 0.29) is 24.2 Å². The molecule has 2 aliphatic heterocycles. The minimum Gasteiger partial charge on any atom is -0.481 e. The number of para-hydroxylation sites is 1. The van der Waals surface area contributed by atoms with Crippen molar-refractivity contribution in [3.05, 3.63) is 30.3 Å². The number of carbonyl (C=O) groups excluding carboxylic acids is 1. The van der Waals surface area contributed by atoms with Crippen LogP contribution >= 0.6 is 0 Å². The topological polar surface area (TPSA) is 73.3 Å². The average molecular weight is 472 g/mol. The number of aliphatic carboxylic acids is 1. The van der Waals surface area contributed by atoms with Gasteiger partial charge in [-0.15, -0.1) is 0 Å². The van der Waals surface area contributed by atoms with Crippen molar-refractivity contribution in [3.63, 3.8) is 0 Å². The minimum absolute atomic E-state index is 0.141. The maximum absolute atomic E-state index is 13.1. The molecule has 2 heterocycles. The lowest BCUT2D eigenvalue weighted by Crippen LogP contribution is -2.47. The van der Waals surface area contributed by atoms with Crippen LogP contribution in [0.25, 0.3) is 0 Å². The summed E-state index contributed by atoms with van der Waals surface area (Å²) < 4.78 is 5.49. The second-order valence-corrected chi connectivity index (χ2v) is 10.2. The number of amides is 1. The van der Waals surface area contributed by atoms with Crippen LogP contribution in [-0.4, -0.2) is 85.8 Å². The van der Waals surface area contributed by atoms with Gasteiger partial charge in [0.25, 0.3) is 0 Å². The molecule has 7 nitrogen and oxygen atoms in total. The maximum atomic E-state index is 13.1. The summed E-state index contributed by atoms with van der Waals surface area (Å²) in [7, 11) is 0. The van der Waals surface area contributed by atoms with E-state index in [0.29, 0.717) is 19.0 Å². The lowest BCUT2D eigenvalue weighted by molar-refractivity contribution is -0.141. The van der Waals surface area contributed by atoms with Crippen molar-refractivity contribution in [1.82, 2.24) is 9.80 Å². The van der Waals surface area contributed by atoms with Gasteiger partial charge >= 0.3 is 5.97 Å². The van der Waals surface area contributed by atoms with E-state index in [4.69, 9.17) is 4.74 Å². The molecule has 0 aromatic heterocycles. The van der Waals surface area contributed by atoms with Crippen molar-refractivity contribution in [2.75, 3.05) is 63.9 Å². The van der Waals surface area contributed by atoms with Gasteiger partial charge in [-0.05, 0) is 49.7 Å². The van der Waals surface area contributed by atoms with E-state index in [1.807, 2.05) is 6.07 Å². The van der Waals surface area contributed by atoms with Crippen LogP contribution < -0.4 is 4.90 Å². The number of likely N-dealkylation sites (tertiary alicyclic amines) is 1. The van der Waals surface area contributed by atoms with E-state index in [1.165, 1.54) is 5.69 Å². The number of carbonyl (C=O) groups is 2. The number of nitrogens with zero attached hydrogens (tertiary/aromatic N) is 3. The third-order valence-corrected chi connectivity index (χ3v) is 8.03. The third-order valence-electron chi connectivity index (χ3n) is 8.03. The Balaban J connectivity index is 1.40. The van der Waals surface area contributed by atoms with Crippen molar-refractivity contribution >= 4 is 17.6 Å².